The predicted octanol–water partition coefficient (Wildman–Crippen LogP) is 1.46. The van der Waals surface area contributed by atoms with Crippen LogP contribution in [-0.2, 0) is 9.59 Å². The van der Waals surface area contributed by atoms with Crippen molar-refractivity contribution in [3.8, 4) is 0 Å². The molecule has 0 aromatic heterocycles. The summed E-state index contributed by atoms with van der Waals surface area (Å²) in [5.74, 6) is -4.58. The van der Waals surface area contributed by atoms with Crippen LogP contribution in [0.25, 0.3) is 0 Å². The van der Waals surface area contributed by atoms with Crippen LogP contribution >= 0.6 is 11.8 Å². The van der Waals surface area contributed by atoms with Crippen molar-refractivity contribution >= 4 is 23.6 Å². The van der Waals surface area contributed by atoms with E-state index < -0.39 is 41.4 Å². The highest BCUT2D eigenvalue weighted by molar-refractivity contribution is 8.03. The van der Waals surface area contributed by atoms with E-state index in [-0.39, 0.29) is 18.2 Å². The van der Waals surface area contributed by atoms with Gasteiger partial charge in [-0.3, -0.25) is 4.79 Å². The quantitative estimate of drug-likeness (QED) is 0.791. The number of likely N-dealkylation sites (tertiary alicyclic amines) is 1. The fourth-order valence-electron chi connectivity index (χ4n) is 3.69. The van der Waals surface area contributed by atoms with Gasteiger partial charge in [0.1, 0.15) is 5.70 Å². The highest BCUT2D eigenvalue weighted by Crippen LogP contribution is 2.44. The first-order valence-electron chi connectivity index (χ1n) is 7.79. The number of carboxylic acid groups (broad SMARTS) is 1. The van der Waals surface area contributed by atoms with Gasteiger partial charge in [-0.2, -0.15) is 0 Å². The molecule has 2 fully saturated rings. The summed E-state index contributed by atoms with van der Waals surface area (Å²) in [5, 5.41) is 19.8. The number of amides is 1. The van der Waals surface area contributed by atoms with E-state index in [1.807, 2.05) is 0 Å². The summed E-state index contributed by atoms with van der Waals surface area (Å²) in [7, 11) is 0. The third-order valence-electron chi connectivity index (χ3n) is 4.80. The number of alkyl halides is 2. The standard InChI is InChI=1S/C15H20F2N2O4S/c1-8-3-15(16,17)7-18(8)11(20)10-6-24-12(13(21)22)19(10)9-4-14(2,23)5-9/h6,8-9,12,23H,3-5,7H2,1-2H3,(H,21,22)/t8?,9?,12-,14?/m0/s1. The fourth-order valence-corrected chi connectivity index (χ4v) is 4.70. The van der Waals surface area contributed by atoms with Gasteiger partial charge in [0.15, 0.2) is 5.37 Å². The minimum Gasteiger partial charge on any atom is -0.479 e. The molecule has 3 aliphatic rings. The first kappa shape index (κ1) is 17.5. The molecule has 2 atom stereocenters. The Morgan fingerprint density at radius 2 is 1.96 bits per heavy atom. The van der Waals surface area contributed by atoms with E-state index in [0.29, 0.717) is 12.8 Å². The first-order valence-corrected chi connectivity index (χ1v) is 8.73. The second-order valence-corrected chi connectivity index (χ2v) is 8.09. The number of carbonyl (C=O) groups excluding carboxylic acids is 1. The van der Waals surface area contributed by atoms with Crippen molar-refractivity contribution in [2.45, 2.75) is 62.1 Å². The van der Waals surface area contributed by atoms with Crippen LogP contribution in [0.2, 0.25) is 0 Å². The summed E-state index contributed by atoms with van der Waals surface area (Å²) in [4.78, 5) is 26.8. The number of hydrogen-bond donors (Lipinski definition) is 2. The molecule has 9 heteroatoms. The minimum atomic E-state index is -2.92. The second-order valence-electron chi connectivity index (χ2n) is 7.14. The van der Waals surface area contributed by atoms with Gasteiger partial charge in [0.25, 0.3) is 11.8 Å². The van der Waals surface area contributed by atoms with Gasteiger partial charge in [-0.05, 0) is 26.7 Å². The van der Waals surface area contributed by atoms with Crippen LogP contribution in [0.15, 0.2) is 11.1 Å². The lowest BCUT2D eigenvalue weighted by Gasteiger charge is -2.48. The molecular weight excluding hydrogens is 342 g/mol. The summed E-state index contributed by atoms with van der Waals surface area (Å²) in [5.41, 5.74) is -0.749. The molecule has 2 heterocycles. The van der Waals surface area contributed by atoms with Crippen LogP contribution < -0.4 is 0 Å². The lowest BCUT2D eigenvalue weighted by molar-refractivity contribution is -0.144. The number of aliphatic hydroxyl groups is 1. The molecule has 2 aliphatic heterocycles. The highest BCUT2D eigenvalue weighted by atomic mass is 32.2. The summed E-state index contributed by atoms with van der Waals surface area (Å²) in [6.07, 6.45) is 0.293. The summed E-state index contributed by atoms with van der Waals surface area (Å²) < 4.78 is 27.1. The lowest BCUT2D eigenvalue weighted by Crippen LogP contribution is -2.57. The van der Waals surface area contributed by atoms with Gasteiger partial charge in [0.05, 0.1) is 12.1 Å². The van der Waals surface area contributed by atoms with Crippen LogP contribution in [0.1, 0.15) is 33.1 Å². The summed E-state index contributed by atoms with van der Waals surface area (Å²) in [6, 6.07) is -0.890. The van der Waals surface area contributed by atoms with E-state index in [1.165, 1.54) is 10.3 Å². The topological polar surface area (TPSA) is 81.1 Å². The molecule has 3 rings (SSSR count). The van der Waals surface area contributed by atoms with E-state index in [4.69, 9.17) is 0 Å². The van der Waals surface area contributed by atoms with Crippen LogP contribution in [0, 0.1) is 0 Å². The molecule has 1 saturated carbocycles. The zero-order chi connectivity index (χ0) is 17.9. The van der Waals surface area contributed by atoms with Crippen LogP contribution in [0.3, 0.4) is 0 Å². The Labute approximate surface area is 142 Å². The maximum atomic E-state index is 13.6. The first-order chi connectivity index (χ1) is 11.0. The van der Waals surface area contributed by atoms with E-state index >= 15 is 0 Å². The molecule has 2 N–H and O–H groups in total. The number of halogens is 2. The van der Waals surface area contributed by atoms with Crippen molar-refractivity contribution in [2.75, 3.05) is 6.54 Å². The molecule has 1 aliphatic carbocycles. The normalized spacial score (nSPS) is 38.0. The van der Waals surface area contributed by atoms with E-state index in [0.717, 1.165) is 16.7 Å². The zero-order valence-electron chi connectivity index (χ0n) is 13.4. The van der Waals surface area contributed by atoms with Crippen molar-refractivity contribution in [2.24, 2.45) is 0 Å². The van der Waals surface area contributed by atoms with Gasteiger partial charge in [0, 0.05) is 23.9 Å². The molecular formula is C15H20F2N2O4S. The van der Waals surface area contributed by atoms with Crippen molar-refractivity contribution in [1.82, 2.24) is 9.80 Å². The number of carbonyl (C=O) groups is 2. The largest absolute Gasteiger partial charge is 0.479 e. The van der Waals surface area contributed by atoms with Gasteiger partial charge >= 0.3 is 5.97 Å². The van der Waals surface area contributed by atoms with Gasteiger partial charge in [0.2, 0.25) is 0 Å². The number of nitrogens with zero attached hydrogens (tertiary/aromatic N) is 2. The van der Waals surface area contributed by atoms with Gasteiger partial charge in [-0.25, -0.2) is 13.6 Å². The van der Waals surface area contributed by atoms with Gasteiger partial charge in [-0.1, -0.05) is 11.8 Å². The average molecular weight is 362 g/mol. The molecule has 0 bridgehead atoms. The molecule has 0 radical (unpaired) electrons. The molecule has 1 saturated heterocycles. The van der Waals surface area contributed by atoms with E-state index in [1.54, 1.807) is 13.8 Å². The van der Waals surface area contributed by atoms with Crippen LogP contribution in [-0.4, -0.2) is 67.4 Å². The van der Waals surface area contributed by atoms with Crippen molar-refractivity contribution < 1.29 is 28.6 Å². The minimum absolute atomic E-state index is 0.137. The third kappa shape index (κ3) is 2.99. The Balaban J connectivity index is 1.81. The monoisotopic (exact) mass is 362 g/mol. The Kier molecular flexibility index (Phi) is 4.07. The number of carboxylic acids is 1. The number of rotatable bonds is 3. The SMILES string of the molecule is CC1CC(F)(F)CN1C(=O)C1=CS[C@@H](C(=O)O)N1C1CC(C)(O)C1. The third-order valence-corrected chi connectivity index (χ3v) is 5.85. The maximum absolute atomic E-state index is 13.6. The molecule has 1 unspecified atom stereocenters. The summed E-state index contributed by atoms with van der Waals surface area (Å²) >= 11 is 0.980. The van der Waals surface area contributed by atoms with Crippen molar-refractivity contribution in [3.63, 3.8) is 0 Å². The van der Waals surface area contributed by atoms with Gasteiger partial charge in [-0.15, -0.1) is 0 Å². The molecule has 134 valence electrons. The molecule has 24 heavy (non-hydrogen) atoms. The molecule has 1 amide bonds. The zero-order valence-corrected chi connectivity index (χ0v) is 14.2. The van der Waals surface area contributed by atoms with Crippen LogP contribution in [0.4, 0.5) is 8.78 Å². The smallest absolute Gasteiger partial charge is 0.337 e. The Bertz CT molecular complexity index is 602. The lowest BCUT2D eigenvalue weighted by atomic mass is 9.76. The fraction of sp³-hybridized carbons (Fsp3) is 0.733. The molecule has 0 spiro atoms. The van der Waals surface area contributed by atoms with Crippen molar-refractivity contribution in [3.05, 3.63) is 11.1 Å². The maximum Gasteiger partial charge on any atom is 0.337 e. The molecule has 0 aromatic rings. The molecule has 0 aromatic carbocycles. The number of thioether (sulfide) groups is 1. The molecule has 6 nitrogen and oxygen atoms in total. The average Bonchev–Trinajstić information content (AvgIpc) is 2.95. The van der Waals surface area contributed by atoms with Gasteiger partial charge < -0.3 is 20.0 Å². The Morgan fingerprint density at radius 1 is 1.33 bits per heavy atom. The Hall–Kier alpha value is -1.35. The highest BCUT2D eigenvalue weighted by Gasteiger charge is 2.52. The summed E-state index contributed by atoms with van der Waals surface area (Å²) in [6.45, 7) is 2.56. The Morgan fingerprint density at radius 3 is 2.42 bits per heavy atom. The van der Waals surface area contributed by atoms with E-state index in [2.05, 4.69) is 0 Å². The second kappa shape index (κ2) is 5.59. The predicted molar refractivity (Wildman–Crippen MR) is 83.3 cm³/mol. The van der Waals surface area contributed by atoms with Crippen molar-refractivity contribution in [1.29, 1.82) is 0 Å². The van der Waals surface area contributed by atoms with E-state index in [9.17, 15) is 28.6 Å². The number of aliphatic carboxylic acids is 1. The van der Waals surface area contributed by atoms with Crippen LogP contribution in [0.5, 0.6) is 0 Å². The number of hydrogen-bond acceptors (Lipinski definition) is 5.